The summed E-state index contributed by atoms with van der Waals surface area (Å²) in [7, 11) is -4.23. The third kappa shape index (κ3) is 3.80. The number of nitrogens with one attached hydrogen (secondary N) is 1. The van der Waals surface area contributed by atoms with E-state index in [9.17, 15) is 17.2 Å². The molecule has 0 saturated carbocycles. The Kier molecular flexibility index (Phi) is 4.93. The maximum Gasteiger partial charge on any atom is 0.246 e. The van der Waals surface area contributed by atoms with Crippen LogP contribution in [0.1, 0.15) is 12.0 Å². The van der Waals surface area contributed by atoms with Gasteiger partial charge in [0, 0.05) is 25.7 Å². The highest BCUT2D eigenvalue weighted by atomic mass is 32.2. The minimum Gasteiger partial charge on any atom is -0.297 e. The molecule has 1 aliphatic rings. The Morgan fingerprint density at radius 3 is 2.38 bits per heavy atom. The Labute approximate surface area is 140 Å². The van der Waals surface area contributed by atoms with Crippen LogP contribution in [0.15, 0.2) is 53.4 Å². The molecule has 1 N–H and O–H groups in total. The van der Waals surface area contributed by atoms with Crippen molar-refractivity contribution in [1.82, 2.24) is 9.62 Å². The van der Waals surface area contributed by atoms with Gasteiger partial charge in [-0.05, 0) is 24.1 Å². The summed E-state index contributed by atoms with van der Waals surface area (Å²) in [6.07, 6.45) is 0.599. The fourth-order valence-electron chi connectivity index (χ4n) is 2.93. The molecule has 7 heteroatoms. The van der Waals surface area contributed by atoms with E-state index in [-0.39, 0.29) is 6.04 Å². The van der Waals surface area contributed by atoms with Gasteiger partial charge >= 0.3 is 0 Å². The van der Waals surface area contributed by atoms with E-state index >= 15 is 0 Å². The van der Waals surface area contributed by atoms with Gasteiger partial charge in [-0.3, -0.25) is 4.90 Å². The lowest BCUT2D eigenvalue weighted by Gasteiger charge is -2.17. The molecule has 0 aromatic heterocycles. The molecule has 24 heavy (non-hydrogen) atoms. The number of sulfonamides is 1. The summed E-state index contributed by atoms with van der Waals surface area (Å²) in [6.45, 7) is 1.94. The van der Waals surface area contributed by atoms with Crippen molar-refractivity contribution in [3.8, 4) is 0 Å². The molecule has 0 aliphatic carbocycles. The van der Waals surface area contributed by atoms with Gasteiger partial charge in [0.05, 0.1) is 0 Å². The first-order chi connectivity index (χ1) is 11.5. The molecule has 2 aromatic rings. The van der Waals surface area contributed by atoms with Crippen LogP contribution in [0, 0.1) is 11.6 Å². The lowest BCUT2D eigenvalue weighted by molar-refractivity contribution is 0.324. The second kappa shape index (κ2) is 6.96. The van der Waals surface area contributed by atoms with Gasteiger partial charge < -0.3 is 0 Å². The van der Waals surface area contributed by atoms with Crippen LogP contribution in [0.2, 0.25) is 0 Å². The van der Waals surface area contributed by atoms with Crippen molar-refractivity contribution in [2.45, 2.75) is 23.9 Å². The van der Waals surface area contributed by atoms with Gasteiger partial charge in [0.15, 0.2) is 4.90 Å². The molecule has 4 nitrogen and oxygen atoms in total. The molecule has 0 radical (unpaired) electrons. The van der Waals surface area contributed by atoms with Crippen molar-refractivity contribution in [1.29, 1.82) is 0 Å². The summed E-state index contributed by atoms with van der Waals surface area (Å²) >= 11 is 0. The smallest absolute Gasteiger partial charge is 0.246 e. The fraction of sp³-hybridized carbons (Fsp3) is 0.294. The lowest BCUT2D eigenvalue weighted by Crippen LogP contribution is -2.37. The monoisotopic (exact) mass is 352 g/mol. The van der Waals surface area contributed by atoms with Crippen LogP contribution in [0.3, 0.4) is 0 Å². The quantitative estimate of drug-likeness (QED) is 0.900. The van der Waals surface area contributed by atoms with Gasteiger partial charge in [-0.1, -0.05) is 36.4 Å². The predicted molar refractivity (Wildman–Crippen MR) is 86.8 cm³/mol. The molecular formula is C17H18F2N2O2S. The number of hydrogen-bond acceptors (Lipinski definition) is 3. The molecule has 0 spiro atoms. The second-order valence-electron chi connectivity index (χ2n) is 5.88. The molecule has 3 rings (SSSR count). The van der Waals surface area contributed by atoms with Gasteiger partial charge in [0.25, 0.3) is 0 Å². The van der Waals surface area contributed by atoms with Crippen LogP contribution in [0.4, 0.5) is 8.78 Å². The second-order valence-corrected chi connectivity index (χ2v) is 7.53. The number of rotatable bonds is 5. The third-order valence-electron chi connectivity index (χ3n) is 4.03. The topological polar surface area (TPSA) is 49.4 Å². The number of benzene rings is 2. The standard InChI is InChI=1S/C17H18F2N2O2S/c18-15-7-4-8-16(19)17(15)24(22,23)20-14-9-10-21(12-14)11-13-5-2-1-3-6-13/h1-8,14,20H,9-12H2. The fourth-order valence-corrected chi connectivity index (χ4v) is 4.33. The summed E-state index contributed by atoms with van der Waals surface area (Å²) in [5.74, 6) is -2.16. The highest BCUT2D eigenvalue weighted by molar-refractivity contribution is 7.89. The first-order valence-corrected chi connectivity index (χ1v) is 9.16. The van der Waals surface area contributed by atoms with Gasteiger partial charge in [-0.25, -0.2) is 21.9 Å². The molecule has 0 amide bonds. The SMILES string of the molecule is O=S(=O)(NC1CCN(Cc2ccccc2)C1)c1c(F)cccc1F. The van der Waals surface area contributed by atoms with E-state index in [1.54, 1.807) is 0 Å². The first-order valence-electron chi connectivity index (χ1n) is 7.68. The first kappa shape index (κ1) is 17.0. The van der Waals surface area contributed by atoms with E-state index in [1.165, 1.54) is 0 Å². The summed E-state index contributed by atoms with van der Waals surface area (Å²) in [5, 5.41) is 0. The normalized spacial score (nSPS) is 18.8. The zero-order valence-electron chi connectivity index (χ0n) is 13.0. The molecular weight excluding hydrogens is 334 g/mol. The Morgan fingerprint density at radius 1 is 1.04 bits per heavy atom. The van der Waals surface area contributed by atoms with E-state index in [2.05, 4.69) is 9.62 Å². The minimum absolute atomic E-state index is 0.363. The number of nitrogens with zero attached hydrogens (tertiary/aromatic N) is 1. The summed E-state index contributed by atoms with van der Waals surface area (Å²) in [6, 6.07) is 12.5. The van der Waals surface area contributed by atoms with Crippen molar-refractivity contribution in [2.75, 3.05) is 13.1 Å². The van der Waals surface area contributed by atoms with Crippen LogP contribution in [-0.2, 0) is 16.6 Å². The average molecular weight is 352 g/mol. The Balaban J connectivity index is 1.67. The maximum atomic E-state index is 13.7. The Bertz CT molecular complexity index is 792. The molecule has 1 atom stereocenters. The largest absolute Gasteiger partial charge is 0.297 e. The van der Waals surface area contributed by atoms with Crippen molar-refractivity contribution in [3.05, 3.63) is 65.7 Å². The van der Waals surface area contributed by atoms with Gasteiger partial charge in [-0.2, -0.15) is 0 Å². The number of halogens is 2. The van der Waals surface area contributed by atoms with Crippen LogP contribution in [0.5, 0.6) is 0 Å². The Morgan fingerprint density at radius 2 is 1.71 bits per heavy atom. The lowest BCUT2D eigenvalue weighted by atomic mass is 10.2. The van der Waals surface area contributed by atoms with E-state index in [0.717, 1.165) is 30.3 Å². The number of likely N-dealkylation sites (tertiary alicyclic amines) is 1. The Hall–Kier alpha value is -1.83. The average Bonchev–Trinajstić information content (AvgIpc) is 2.94. The minimum atomic E-state index is -4.23. The molecule has 1 heterocycles. The van der Waals surface area contributed by atoms with E-state index < -0.39 is 26.6 Å². The van der Waals surface area contributed by atoms with Crippen molar-refractivity contribution in [3.63, 3.8) is 0 Å². The van der Waals surface area contributed by atoms with Crippen LogP contribution in [0.25, 0.3) is 0 Å². The highest BCUT2D eigenvalue weighted by Gasteiger charge is 2.30. The summed E-state index contributed by atoms with van der Waals surface area (Å²) in [5.41, 5.74) is 1.14. The molecule has 1 aliphatic heterocycles. The molecule has 128 valence electrons. The van der Waals surface area contributed by atoms with Gasteiger partial charge in [0.1, 0.15) is 11.6 Å². The van der Waals surface area contributed by atoms with Crippen molar-refractivity contribution >= 4 is 10.0 Å². The van der Waals surface area contributed by atoms with Crippen LogP contribution in [-0.4, -0.2) is 32.4 Å². The van der Waals surface area contributed by atoms with E-state index in [4.69, 9.17) is 0 Å². The summed E-state index contributed by atoms with van der Waals surface area (Å²) < 4.78 is 54.4. The predicted octanol–water partition coefficient (Wildman–Crippen LogP) is 2.52. The maximum absolute atomic E-state index is 13.7. The highest BCUT2D eigenvalue weighted by Crippen LogP contribution is 2.20. The zero-order valence-corrected chi connectivity index (χ0v) is 13.8. The van der Waals surface area contributed by atoms with Crippen molar-refractivity contribution in [2.24, 2.45) is 0 Å². The van der Waals surface area contributed by atoms with Gasteiger partial charge in [0.2, 0.25) is 10.0 Å². The van der Waals surface area contributed by atoms with Gasteiger partial charge in [-0.15, -0.1) is 0 Å². The molecule has 2 aromatic carbocycles. The van der Waals surface area contributed by atoms with E-state index in [0.29, 0.717) is 19.5 Å². The van der Waals surface area contributed by atoms with Crippen molar-refractivity contribution < 1.29 is 17.2 Å². The molecule has 1 unspecified atom stereocenters. The summed E-state index contributed by atoms with van der Waals surface area (Å²) in [4.78, 5) is 1.20. The van der Waals surface area contributed by atoms with Crippen LogP contribution < -0.4 is 4.72 Å². The molecule has 0 bridgehead atoms. The zero-order chi connectivity index (χ0) is 17.2. The number of hydrogen-bond donors (Lipinski definition) is 1. The molecule has 1 fully saturated rings. The molecule has 1 saturated heterocycles. The van der Waals surface area contributed by atoms with E-state index in [1.807, 2.05) is 30.3 Å². The third-order valence-corrected chi connectivity index (χ3v) is 5.60. The van der Waals surface area contributed by atoms with Crippen LogP contribution >= 0.6 is 0 Å².